The van der Waals surface area contributed by atoms with Gasteiger partial charge in [0, 0.05) is 24.7 Å². The molecule has 0 aliphatic carbocycles. The Hall–Kier alpha value is -2.01. The van der Waals surface area contributed by atoms with E-state index in [9.17, 15) is 0 Å². The van der Waals surface area contributed by atoms with Crippen LogP contribution in [0.1, 0.15) is 0 Å². The Morgan fingerprint density at radius 3 is 2.39 bits per heavy atom. The van der Waals surface area contributed by atoms with Gasteiger partial charge in [-0.3, -0.25) is 0 Å². The van der Waals surface area contributed by atoms with Gasteiger partial charge in [0.25, 0.3) is 0 Å². The highest BCUT2D eigenvalue weighted by Gasteiger charge is 2.08. The zero-order chi connectivity index (χ0) is 13.0. The van der Waals surface area contributed by atoms with Gasteiger partial charge in [-0.05, 0) is 12.1 Å². The molecule has 0 unspecified atom stereocenters. The first-order valence-electron chi connectivity index (χ1n) is 5.72. The minimum absolute atomic E-state index is 0.574. The summed E-state index contributed by atoms with van der Waals surface area (Å²) in [5, 5.41) is 0. The van der Waals surface area contributed by atoms with Crippen LogP contribution in [0.4, 0.5) is 0 Å². The van der Waals surface area contributed by atoms with Crippen LogP contribution in [0.3, 0.4) is 0 Å². The molecule has 2 rings (SSSR count). The Morgan fingerprint density at radius 2 is 1.83 bits per heavy atom. The molecule has 0 fully saturated rings. The summed E-state index contributed by atoms with van der Waals surface area (Å²) >= 11 is 0. The van der Waals surface area contributed by atoms with Crippen LogP contribution in [0.25, 0.3) is 11.3 Å². The quantitative estimate of drug-likeness (QED) is 0.870. The first-order valence-corrected chi connectivity index (χ1v) is 5.72. The lowest BCUT2D eigenvalue weighted by molar-refractivity contribution is 0.394. The number of hydrogen-bond acceptors (Lipinski definition) is 4. The van der Waals surface area contributed by atoms with E-state index in [4.69, 9.17) is 15.2 Å². The minimum Gasteiger partial charge on any atom is -0.497 e. The highest BCUT2D eigenvalue weighted by Crippen LogP contribution is 2.29. The molecule has 5 nitrogen and oxygen atoms in total. The summed E-state index contributed by atoms with van der Waals surface area (Å²) in [6, 6.07) is 5.74. The van der Waals surface area contributed by atoms with Crippen LogP contribution in [0.15, 0.2) is 30.7 Å². The summed E-state index contributed by atoms with van der Waals surface area (Å²) in [5.74, 6) is 1.51. The van der Waals surface area contributed by atoms with Gasteiger partial charge >= 0.3 is 0 Å². The molecule has 0 saturated heterocycles. The van der Waals surface area contributed by atoms with Crippen LogP contribution in [0.5, 0.6) is 11.5 Å². The van der Waals surface area contributed by atoms with Gasteiger partial charge < -0.3 is 19.8 Å². The summed E-state index contributed by atoms with van der Waals surface area (Å²) in [6.45, 7) is 1.30. The summed E-state index contributed by atoms with van der Waals surface area (Å²) < 4.78 is 12.5. The average molecular weight is 247 g/mol. The second-order valence-corrected chi connectivity index (χ2v) is 3.86. The van der Waals surface area contributed by atoms with Gasteiger partial charge in [0.1, 0.15) is 11.5 Å². The fraction of sp³-hybridized carbons (Fsp3) is 0.308. The molecule has 2 aromatic rings. The van der Waals surface area contributed by atoms with Crippen molar-refractivity contribution in [3.63, 3.8) is 0 Å². The van der Waals surface area contributed by atoms with E-state index in [-0.39, 0.29) is 0 Å². The van der Waals surface area contributed by atoms with Crippen molar-refractivity contribution >= 4 is 0 Å². The van der Waals surface area contributed by atoms with E-state index in [1.165, 1.54) is 0 Å². The predicted molar refractivity (Wildman–Crippen MR) is 69.8 cm³/mol. The highest BCUT2D eigenvalue weighted by molar-refractivity contribution is 5.63. The number of nitrogens with two attached hydrogens (primary N) is 1. The van der Waals surface area contributed by atoms with Crippen LogP contribution >= 0.6 is 0 Å². The zero-order valence-electron chi connectivity index (χ0n) is 10.6. The molecule has 0 bridgehead atoms. The Bertz CT molecular complexity index is 500. The molecule has 0 radical (unpaired) electrons. The van der Waals surface area contributed by atoms with Crippen LogP contribution in [-0.4, -0.2) is 30.3 Å². The van der Waals surface area contributed by atoms with E-state index in [0.29, 0.717) is 6.54 Å². The molecule has 96 valence electrons. The van der Waals surface area contributed by atoms with Crippen molar-refractivity contribution in [1.82, 2.24) is 9.55 Å². The largest absolute Gasteiger partial charge is 0.497 e. The minimum atomic E-state index is 0.574. The molecule has 0 atom stereocenters. The average Bonchev–Trinajstić information content (AvgIpc) is 2.87. The molecule has 5 heteroatoms. The Labute approximate surface area is 106 Å². The monoisotopic (exact) mass is 247 g/mol. The number of imidazole rings is 1. The van der Waals surface area contributed by atoms with Crippen LogP contribution in [0.2, 0.25) is 0 Å². The molecule has 0 aliphatic heterocycles. The molecule has 1 aromatic heterocycles. The lowest BCUT2D eigenvalue weighted by atomic mass is 10.1. The van der Waals surface area contributed by atoms with E-state index >= 15 is 0 Å². The summed E-state index contributed by atoms with van der Waals surface area (Å²) in [6.07, 6.45) is 3.58. The second-order valence-electron chi connectivity index (χ2n) is 3.86. The van der Waals surface area contributed by atoms with Gasteiger partial charge in [0.2, 0.25) is 0 Å². The normalized spacial score (nSPS) is 10.4. The first kappa shape index (κ1) is 12.4. The molecule has 1 heterocycles. The second kappa shape index (κ2) is 5.55. The first-order chi connectivity index (χ1) is 8.78. The van der Waals surface area contributed by atoms with Crippen molar-refractivity contribution in [1.29, 1.82) is 0 Å². The Morgan fingerprint density at radius 1 is 1.17 bits per heavy atom. The van der Waals surface area contributed by atoms with Crippen LogP contribution in [0, 0.1) is 0 Å². The number of rotatable bonds is 5. The molecule has 18 heavy (non-hydrogen) atoms. The third kappa shape index (κ3) is 2.46. The van der Waals surface area contributed by atoms with Crippen molar-refractivity contribution in [2.24, 2.45) is 5.73 Å². The summed E-state index contributed by atoms with van der Waals surface area (Å²) in [7, 11) is 3.27. The van der Waals surface area contributed by atoms with E-state index in [1.807, 2.05) is 29.0 Å². The fourth-order valence-corrected chi connectivity index (χ4v) is 1.83. The van der Waals surface area contributed by atoms with Gasteiger partial charge in [0.05, 0.1) is 32.4 Å². The zero-order valence-corrected chi connectivity index (χ0v) is 10.6. The molecule has 2 N–H and O–H groups in total. The highest BCUT2D eigenvalue weighted by atomic mass is 16.5. The van der Waals surface area contributed by atoms with Crippen molar-refractivity contribution in [3.8, 4) is 22.8 Å². The fourth-order valence-electron chi connectivity index (χ4n) is 1.83. The van der Waals surface area contributed by atoms with E-state index in [2.05, 4.69) is 4.98 Å². The molecule has 0 amide bonds. The van der Waals surface area contributed by atoms with Gasteiger partial charge in [0.15, 0.2) is 0 Å². The molecule has 0 spiro atoms. The number of ether oxygens (including phenoxy) is 2. The number of hydrogen-bond donors (Lipinski definition) is 1. The van der Waals surface area contributed by atoms with Crippen LogP contribution in [-0.2, 0) is 6.54 Å². The molecular weight excluding hydrogens is 230 g/mol. The maximum Gasteiger partial charge on any atom is 0.123 e. The Kier molecular flexibility index (Phi) is 3.84. The van der Waals surface area contributed by atoms with Gasteiger partial charge in [-0.1, -0.05) is 0 Å². The maximum atomic E-state index is 5.58. The molecule has 1 aromatic carbocycles. The predicted octanol–water partition coefficient (Wildman–Crippen LogP) is 1.53. The third-order valence-corrected chi connectivity index (χ3v) is 2.73. The lowest BCUT2D eigenvalue weighted by Crippen LogP contribution is -2.09. The van der Waals surface area contributed by atoms with Crippen molar-refractivity contribution in [2.45, 2.75) is 6.54 Å². The number of benzene rings is 1. The van der Waals surface area contributed by atoms with Crippen molar-refractivity contribution in [2.75, 3.05) is 20.8 Å². The third-order valence-electron chi connectivity index (χ3n) is 2.73. The van der Waals surface area contributed by atoms with E-state index < -0.39 is 0 Å². The van der Waals surface area contributed by atoms with Gasteiger partial charge in [-0.25, -0.2) is 4.98 Å². The number of aromatic nitrogens is 2. The van der Waals surface area contributed by atoms with E-state index in [0.717, 1.165) is 29.3 Å². The van der Waals surface area contributed by atoms with E-state index in [1.54, 1.807) is 20.5 Å². The summed E-state index contributed by atoms with van der Waals surface area (Å²) in [5.41, 5.74) is 7.58. The van der Waals surface area contributed by atoms with Crippen molar-refractivity contribution < 1.29 is 9.47 Å². The summed E-state index contributed by atoms with van der Waals surface area (Å²) in [4.78, 5) is 4.15. The Balaban J connectivity index is 2.45. The topological polar surface area (TPSA) is 62.3 Å². The SMILES string of the molecule is COc1cc(OC)cc(-c2cncn2CCN)c1. The smallest absolute Gasteiger partial charge is 0.123 e. The van der Waals surface area contributed by atoms with Crippen LogP contribution < -0.4 is 15.2 Å². The number of methoxy groups -OCH3 is 2. The molecule has 0 aliphatic rings. The maximum absolute atomic E-state index is 5.58. The van der Waals surface area contributed by atoms with Gasteiger partial charge in [-0.15, -0.1) is 0 Å². The standard InChI is InChI=1S/C13H17N3O2/c1-17-11-5-10(6-12(7-11)18-2)13-8-15-9-16(13)4-3-14/h5-9H,3-4,14H2,1-2H3. The van der Waals surface area contributed by atoms with Gasteiger partial charge in [-0.2, -0.15) is 0 Å². The lowest BCUT2D eigenvalue weighted by Gasteiger charge is -2.10. The van der Waals surface area contributed by atoms with Crippen molar-refractivity contribution in [3.05, 3.63) is 30.7 Å². The molecule has 0 saturated carbocycles. The molecular formula is C13H17N3O2. The number of nitrogens with zero attached hydrogens (tertiary/aromatic N) is 2.